The van der Waals surface area contributed by atoms with Gasteiger partial charge in [-0.1, -0.05) is 17.7 Å². The Balaban J connectivity index is 1.52. The molecule has 1 fully saturated rings. The monoisotopic (exact) mass is 525 g/mol. The van der Waals surface area contributed by atoms with Crippen LogP contribution in [-0.4, -0.2) is 56.3 Å². The summed E-state index contributed by atoms with van der Waals surface area (Å²) in [6.45, 7) is 9.94. The number of aromatic amines is 1. The molecule has 3 heterocycles. The lowest BCUT2D eigenvalue weighted by atomic mass is 10.0. The van der Waals surface area contributed by atoms with Crippen molar-refractivity contribution in [2.45, 2.75) is 45.5 Å². The van der Waals surface area contributed by atoms with Crippen LogP contribution in [0.15, 0.2) is 53.3 Å². The van der Waals surface area contributed by atoms with E-state index in [4.69, 9.17) is 0 Å². The van der Waals surface area contributed by atoms with Gasteiger partial charge in [-0.3, -0.25) is 9.69 Å². The summed E-state index contributed by atoms with van der Waals surface area (Å²) in [4.78, 5) is 20.5. The molecule has 2 aromatic carbocycles. The number of anilines is 1. The maximum Gasteiger partial charge on any atom is 0.416 e. The van der Waals surface area contributed by atoms with Gasteiger partial charge in [-0.05, 0) is 79.9 Å². The van der Waals surface area contributed by atoms with Gasteiger partial charge in [0, 0.05) is 42.9 Å². The lowest BCUT2D eigenvalue weighted by Gasteiger charge is -2.40. The summed E-state index contributed by atoms with van der Waals surface area (Å²) >= 11 is 0. The van der Waals surface area contributed by atoms with E-state index in [-0.39, 0.29) is 5.56 Å². The molecule has 1 N–H and O–H groups in total. The number of hydrogen-bond acceptors (Lipinski definition) is 6. The minimum absolute atomic E-state index is 0.227. The van der Waals surface area contributed by atoms with Crippen LogP contribution in [0.4, 0.5) is 18.9 Å². The number of H-pyrrole nitrogens is 1. The molecule has 200 valence electrons. The molecule has 11 heteroatoms. The predicted octanol–water partition coefficient (Wildman–Crippen LogP) is 4.51. The zero-order valence-electron chi connectivity index (χ0n) is 21.8. The van der Waals surface area contributed by atoms with Crippen molar-refractivity contribution in [2.24, 2.45) is 0 Å². The van der Waals surface area contributed by atoms with E-state index in [0.29, 0.717) is 43.3 Å². The molecule has 4 aromatic rings. The van der Waals surface area contributed by atoms with E-state index in [1.165, 1.54) is 12.1 Å². The third kappa shape index (κ3) is 5.02. The molecule has 0 spiro atoms. The molecular weight excluding hydrogens is 495 g/mol. The van der Waals surface area contributed by atoms with Gasteiger partial charge in [0.15, 0.2) is 5.82 Å². The number of nitrogens with one attached hydrogen (secondary N) is 1. The lowest BCUT2D eigenvalue weighted by Crippen LogP contribution is -2.49. The summed E-state index contributed by atoms with van der Waals surface area (Å²) in [5, 5.41) is 13.4. The van der Waals surface area contributed by atoms with Gasteiger partial charge >= 0.3 is 6.18 Å². The Morgan fingerprint density at radius 3 is 2.39 bits per heavy atom. The van der Waals surface area contributed by atoms with Gasteiger partial charge in [0.25, 0.3) is 5.56 Å². The first-order valence-electron chi connectivity index (χ1n) is 12.5. The first-order chi connectivity index (χ1) is 17.9. The fourth-order valence-electron chi connectivity index (χ4n) is 5.00. The number of fused-ring (bicyclic) bond motifs is 1. The quantitative estimate of drug-likeness (QED) is 0.422. The van der Waals surface area contributed by atoms with E-state index in [0.717, 1.165) is 22.5 Å². The second-order valence-corrected chi connectivity index (χ2v) is 10.7. The highest BCUT2D eigenvalue weighted by atomic mass is 19.4. The third-order valence-electron chi connectivity index (χ3n) is 6.91. The number of piperazine rings is 1. The number of aryl methyl sites for hydroxylation is 1. The topological polar surface area (TPSA) is 82.9 Å². The molecule has 0 aliphatic carbocycles. The molecule has 0 saturated carbocycles. The first-order valence-corrected chi connectivity index (χ1v) is 12.5. The standard InChI is InChI=1S/C27H30F3N7O/c1-17-8-9-22-18(14-17)15-21(25(38)31-22)23(24-32-33-34-37(24)26(2,3)4)36-12-10-35(11-13-36)20-7-5-6-19(16-20)27(28,29)30/h5-9,14-16,23H,10-13H2,1-4H3,(H,31,38). The molecular formula is C27H30F3N7O. The van der Waals surface area contributed by atoms with E-state index in [1.54, 1.807) is 10.7 Å². The predicted molar refractivity (Wildman–Crippen MR) is 139 cm³/mol. The fourth-order valence-corrected chi connectivity index (χ4v) is 5.00. The minimum atomic E-state index is -4.40. The van der Waals surface area contributed by atoms with Gasteiger partial charge in [0.05, 0.1) is 11.1 Å². The molecule has 8 nitrogen and oxygen atoms in total. The SMILES string of the molecule is Cc1ccc2[nH]c(=O)c(C(c3nnnn3C(C)(C)C)N3CCN(c4cccc(C(F)(F)F)c4)CC3)cc2c1. The Morgan fingerprint density at radius 2 is 1.71 bits per heavy atom. The highest BCUT2D eigenvalue weighted by Crippen LogP contribution is 2.34. The number of pyridine rings is 1. The van der Waals surface area contributed by atoms with Crippen LogP contribution >= 0.6 is 0 Å². The number of halogens is 3. The molecule has 5 rings (SSSR count). The molecule has 1 aliphatic heterocycles. The third-order valence-corrected chi connectivity index (χ3v) is 6.91. The van der Waals surface area contributed by atoms with Crippen molar-refractivity contribution in [1.82, 2.24) is 30.1 Å². The van der Waals surface area contributed by atoms with Gasteiger partial charge in [0.1, 0.15) is 6.04 Å². The zero-order chi connectivity index (χ0) is 27.2. The van der Waals surface area contributed by atoms with Crippen LogP contribution in [0.3, 0.4) is 0 Å². The van der Waals surface area contributed by atoms with Crippen LogP contribution in [0.5, 0.6) is 0 Å². The summed E-state index contributed by atoms with van der Waals surface area (Å²) in [6.07, 6.45) is -4.40. The van der Waals surface area contributed by atoms with Gasteiger partial charge in [0.2, 0.25) is 0 Å². The molecule has 0 radical (unpaired) electrons. The average molecular weight is 526 g/mol. The van der Waals surface area contributed by atoms with Crippen LogP contribution < -0.4 is 10.5 Å². The summed E-state index contributed by atoms with van der Waals surface area (Å²) in [5.41, 5.74) is 1.53. The van der Waals surface area contributed by atoms with Gasteiger partial charge in [-0.15, -0.1) is 5.10 Å². The van der Waals surface area contributed by atoms with Gasteiger partial charge in [-0.25, -0.2) is 4.68 Å². The molecule has 0 amide bonds. The van der Waals surface area contributed by atoms with Crippen molar-refractivity contribution in [3.8, 4) is 0 Å². The van der Waals surface area contributed by atoms with Gasteiger partial charge in [-0.2, -0.15) is 13.2 Å². The van der Waals surface area contributed by atoms with Crippen molar-refractivity contribution in [3.63, 3.8) is 0 Å². The number of hydrogen-bond donors (Lipinski definition) is 1. The maximum atomic E-state index is 13.4. The zero-order valence-corrected chi connectivity index (χ0v) is 21.8. The van der Waals surface area contributed by atoms with Crippen molar-refractivity contribution < 1.29 is 13.2 Å². The molecule has 1 aliphatic rings. The Bertz CT molecular complexity index is 1510. The lowest BCUT2D eigenvalue weighted by molar-refractivity contribution is -0.137. The van der Waals surface area contributed by atoms with E-state index < -0.39 is 23.3 Å². The molecule has 2 aromatic heterocycles. The number of aromatic nitrogens is 5. The van der Waals surface area contributed by atoms with E-state index in [9.17, 15) is 18.0 Å². The molecule has 0 bridgehead atoms. The van der Waals surface area contributed by atoms with E-state index in [2.05, 4.69) is 25.4 Å². The number of rotatable bonds is 4. The number of benzene rings is 2. The minimum Gasteiger partial charge on any atom is -0.369 e. The highest BCUT2D eigenvalue weighted by Gasteiger charge is 2.36. The summed E-state index contributed by atoms with van der Waals surface area (Å²) < 4.78 is 41.6. The van der Waals surface area contributed by atoms with Crippen molar-refractivity contribution >= 4 is 16.6 Å². The summed E-state index contributed by atoms with van der Waals surface area (Å²) in [7, 11) is 0. The summed E-state index contributed by atoms with van der Waals surface area (Å²) in [6, 6.07) is 12.6. The largest absolute Gasteiger partial charge is 0.416 e. The molecule has 1 saturated heterocycles. The Labute approximate surface area is 218 Å². The average Bonchev–Trinajstić information content (AvgIpc) is 3.35. The van der Waals surface area contributed by atoms with Gasteiger partial charge < -0.3 is 9.88 Å². The summed E-state index contributed by atoms with van der Waals surface area (Å²) in [5.74, 6) is 0.544. The van der Waals surface area contributed by atoms with Crippen LogP contribution in [0.25, 0.3) is 10.9 Å². The number of tetrazole rings is 1. The van der Waals surface area contributed by atoms with E-state index in [1.807, 2.05) is 56.9 Å². The Kier molecular flexibility index (Phi) is 6.50. The highest BCUT2D eigenvalue weighted by molar-refractivity contribution is 5.79. The fraction of sp³-hybridized carbons (Fsp3) is 0.407. The Morgan fingerprint density at radius 1 is 0.974 bits per heavy atom. The Hall–Kier alpha value is -3.73. The van der Waals surface area contributed by atoms with Crippen LogP contribution in [-0.2, 0) is 11.7 Å². The van der Waals surface area contributed by atoms with Crippen LogP contribution in [0.1, 0.15) is 49.3 Å². The maximum absolute atomic E-state index is 13.4. The second kappa shape index (κ2) is 9.54. The van der Waals surface area contributed by atoms with Crippen molar-refractivity contribution in [2.75, 3.05) is 31.1 Å². The number of nitrogens with zero attached hydrogens (tertiary/aromatic N) is 6. The first kappa shape index (κ1) is 25.9. The van der Waals surface area contributed by atoms with Crippen LogP contribution in [0.2, 0.25) is 0 Å². The van der Waals surface area contributed by atoms with Crippen LogP contribution in [0, 0.1) is 6.92 Å². The van der Waals surface area contributed by atoms with Crippen molar-refractivity contribution in [3.05, 3.63) is 81.4 Å². The molecule has 38 heavy (non-hydrogen) atoms. The van der Waals surface area contributed by atoms with E-state index >= 15 is 0 Å². The number of alkyl halides is 3. The van der Waals surface area contributed by atoms with Crippen molar-refractivity contribution in [1.29, 1.82) is 0 Å². The normalized spacial score (nSPS) is 16.2. The molecule has 1 unspecified atom stereocenters. The smallest absolute Gasteiger partial charge is 0.369 e. The molecule has 1 atom stereocenters. The second-order valence-electron chi connectivity index (χ2n) is 10.7.